The fraction of sp³-hybridized carbons (Fsp3) is 0.250. The van der Waals surface area contributed by atoms with E-state index in [0.29, 0.717) is 5.69 Å². The number of H-pyrrole nitrogens is 1. The number of hydrogen-bond donors (Lipinski definition) is 2. The number of alkyl halides is 3. The van der Waals surface area contributed by atoms with Gasteiger partial charge >= 0.3 is 6.18 Å². The van der Waals surface area contributed by atoms with Crippen molar-refractivity contribution in [3.63, 3.8) is 0 Å². The van der Waals surface area contributed by atoms with Gasteiger partial charge in [-0.1, -0.05) is 15.9 Å². The zero-order chi connectivity index (χ0) is 14.0. The van der Waals surface area contributed by atoms with E-state index in [-0.39, 0.29) is 10.5 Å². The van der Waals surface area contributed by atoms with Crippen LogP contribution >= 0.6 is 15.9 Å². The highest BCUT2D eigenvalue weighted by atomic mass is 79.9. The van der Waals surface area contributed by atoms with E-state index in [2.05, 4.69) is 31.4 Å². The second-order valence-corrected chi connectivity index (χ2v) is 4.92. The molecule has 0 saturated heterocycles. The highest BCUT2D eigenvalue weighted by Gasteiger charge is 2.33. The minimum atomic E-state index is -4.38. The van der Waals surface area contributed by atoms with Crippen LogP contribution in [0.4, 0.5) is 18.9 Å². The lowest BCUT2D eigenvalue weighted by molar-refractivity contribution is -0.138. The Morgan fingerprint density at radius 3 is 2.63 bits per heavy atom. The topological polar surface area (TPSA) is 40.7 Å². The van der Waals surface area contributed by atoms with Gasteiger partial charge in [-0.2, -0.15) is 18.3 Å². The highest BCUT2D eigenvalue weighted by molar-refractivity contribution is 9.10. The number of hydrogen-bond acceptors (Lipinski definition) is 2. The van der Waals surface area contributed by atoms with Gasteiger partial charge in [0.15, 0.2) is 0 Å². The van der Waals surface area contributed by atoms with Crippen LogP contribution in [0, 0.1) is 0 Å². The zero-order valence-electron chi connectivity index (χ0n) is 9.92. The number of rotatable bonds is 3. The SMILES string of the molecule is CC(Nc1ccc(Br)c(C(F)(F)F)c1)c1ccn[nH]1. The van der Waals surface area contributed by atoms with Crippen molar-refractivity contribution in [2.24, 2.45) is 0 Å². The molecule has 1 heterocycles. The van der Waals surface area contributed by atoms with Crippen LogP contribution in [0.2, 0.25) is 0 Å². The van der Waals surface area contributed by atoms with Crippen LogP contribution in [-0.4, -0.2) is 10.2 Å². The summed E-state index contributed by atoms with van der Waals surface area (Å²) >= 11 is 2.91. The van der Waals surface area contributed by atoms with Crippen molar-refractivity contribution in [1.82, 2.24) is 10.2 Å². The summed E-state index contributed by atoms with van der Waals surface area (Å²) in [6, 6.07) is 5.65. The Morgan fingerprint density at radius 1 is 1.32 bits per heavy atom. The molecule has 0 saturated carbocycles. The first kappa shape index (κ1) is 13.9. The molecule has 2 N–H and O–H groups in total. The third-order valence-electron chi connectivity index (χ3n) is 2.64. The summed E-state index contributed by atoms with van der Waals surface area (Å²) in [6.07, 6.45) is -2.79. The van der Waals surface area contributed by atoms with Crippen LogP contribution in [0.5, 0.6) is 0 Å². The normalized spacial score (nSPS) is 13.3. The second kappa shape index (κ2) is 5.24. The summed E-state index contributed by atoms with van der Waals surface area (Å²) in [5.74, 6) is 0. The molecule has 0 aliphatic heterocycles. The fourth-order valence-corrected chi connectivity index (χ4v) is 2.14. The molecule has 0 fully saturated rings. The van der Waals surface area contributed by atoms with Gasteiger partial charge in [-0.25, -0.2) is 0 Å². The fourth-order valence-electron chi connectivity index (χ4n) is 1.67. The second-order valence-electron chi connectivity index (χ2n) is 4.07. The van der Waals surface area contributed by atoms with Crippen LogP contribution in [0.25, 0.3) is 0 Å². The molecule has 2 rings (SSSR count). The van der Waals surface area contributed by atoms with E-state index in [1.165, 1.54) is 6.07 Å². The first-order valence-corrected chi connectivity index (χ1v) is 6.30. The lowest BCUT2D eigenvalue weighted by Crippen LogP contribution is -2.10. The maximum atomic E-state index is 12.8. The van der Waals surface area contributed by atoms with Gasteiger partial charge in [0.2, 0.25) is 0 Å². The molecule has 102 valence electrons. The highest BCUT2D eigenvalue weighted by Crippen LogP contribution is 2.36. The molecular formula is C12H11BrF3N3. The molecule has 2 aromatic rings. The van der Waals surface area contributed by atoms with Gasteiger partial charge < -0.3 is 5.32 Å². The van der Waals surface area contributed by atoms with Gasteiger partial charge in [0.1, 0.15) is 0 Å². The molecule has 1 unspecified atom stereocenters. The van der Waals surface area contributed by atoms with Crippen LogP contribution in [0.1, 0.15) is 24.2 Å². The summed E-state index contributed by atoms with van der Waals surface area (Å²) in [5.41, 5.74) is 0.503. The molecule has 1 atom stereocenters. The third-order valence-corrected chi connectivity index (χ3v) is 3.34. The molecule has 0 radical (unpaired) electrons. The standard InChI is InChI=1S/C12H11BrF3N3/c1-7(11-4-5-17-19-11)18-8-2-3-10(13)9(6-8)12(14,15)16/h2-7,18H,1H3,(H,17,19). The van der Waals surface area contributed by atoms with Crippen LogP contribution < -0.4 is 5.32 Å². The molecule has 0 bridgehead atoms. The Bertz CT molecular complexity index is 552. The Balaban J connectivity index is 2.22. The third kappa shape index (κ3) is 3.28. The maximum absolute atomic E-state index is 12.8. The largest absolute Gasteiger partial charge is 0.417 e. The van der Waals surface area contributed by atoms with Crippen molar-refractivity contribution in [3.8, 4) is 0 Å². The molecule has 0 aliphatic carbocycles. The molecular weight excluding hydrogens is 323 g/mol. The Kier molecular flexibility index (Phi) is 3.84. The van der Waals surface area contributed by atoms with Crippen LogP contribution in [0.3, 0.4) is 0 Å². The van der Waals surface area contributed by atoms with E-state index in [0.717, 1.165) is 11.8 Å². The summed E-state index contributed by atoms with van der Waals surface area (Å²) in [5, 5.41) is 9.56. The Morgan fingerprint density at radius 2 is 2.05 bits per heavy atom. The molecule has 19 heavy (non-hydrogen) atoms. The van der Waals surface area contributed by atoms with Gasteiger partial charge in [-0.05, 0) is 31.2 Å². The predicted octanol–water partition coefficient (Wildman–Crippen LogP) is 4.36. The predicted molar refractivity (Wildman–Crippen MR) is 69.8 cm³/mol. The van der Waals surface area contributed by atoms with E-state index in [9.17, 15) is 13.2 Å². The lowest BCUT2D eigenvalue weighted by Gasteiger charge is -2.16. The summed E-state index contributed by atoms with van der Waals surface area (Å²) < 4.78 is 38.3. The van der Waals surface area contributed by atoms with Crippen LogP contribution in [0.15, 0.2) is 34.9 Å². The number of anilines is 1. The number of nitrogens with one attached hydrogen (secondary N) is 2. The molecule has 0 amide bonds. The Hall–Kier alpha value is -1.50. The number of benzene rings is 1. The number of halogens is 4. The van der Waals surface area contributed by atoms with E-state index < -0.39 is 11.7 Å². The van der Waals surface area contributed by atoms with E-state index in [1.54, 1.807) is 18.3 Å². The van der Waals surface area contributed by atoms with Crippen LogP contribution in [-0.2, 0) is 6.18 Å². The summed E-state index contributed by atoms with van der Waals surface area (Å²) in [7, 11) is 0. The van der Waals surface area contributed by atoms with E-state index >= 15 is 0 Å². The smallest absolute Gasteiger partial charge is 0.377 e. The minimum absolute atomic E-state index is 0.0275. The summed E-state index contributed by atoms with van der Waals surface area (Å²) in [4.78, 5) is 0. The van der Waals surface area contributed by atoms with Crippen molar-refractivity contribution in [1.29, 1.82) is 0 Å². The molecule has 1 aromatic carbocycles. The van der Waals surface area contributed by atoms with Gasteiger partial charge in [-0.3, -0.25) is 5.10 Å². The van der Waals surface area contributed by atoms with Gasteiger partial charge in [-0.15, -0.1) is 0 Å². The molecule has 0 spiro atoms. The van der Waals surface area contributed by atoms with E-state index in [4.69, 9.17) is 0 Å². The molecule has 7 heteroatoms. The Labute approximate surface area is 116 Å². The maximum Gasteiger partial charge on any atom is 0.417 e. The first-order valence-electron chi connectivity index (χ1n) is 5.50. The quantitative estimate of drug-likeness (QED) is 0.875. The molecule has 0 aliphatic rings. The van der Waals surface area contributed by atoms with E-state index in [1.807, 2.05) is 6.92 Å². The monoisotopic (exact) mass is 333 g/mol. The van der Waals surface area contributed by atoms with Crippen molar-refractivity contribution in [2.75, 3.05) is 5.32 Å². The minimum Gasteiger partial charge on any atom is -0.377 e. The zero-order valence-corrected chi connectivity index (χ0v) is 11.5. The first-order chi connectivity index (χ1) is 8.88. The average Bonchev–Trinajstić information content (AvgIpc) is 2.83. The van der Waals surface area contributed by atoms with Crippen molar-refractivity contribution < 1.29 is 13.2 Å². The van der Waals surface area contributed by atoms with Gasteiger partial charge in [0.05, 0.1) is 17.3 Å². The summed E-state index contributed by atoms with van der Waals surface area (Å²) in [6.45, 7) is 1.84. The van der Waals surface area contributed by atoms with Crippen molar-refractivity contribution in [2.45, 2.75) is 19.1 Å². The van der Waals surface area contributed by atoms with Gasteiger partial charge in [0, 0.05) is 16.4 Å². The van der Waals surface area contributed by atoms with Crippen molar-refractivity contribution >= 4 is 21.6 Å². The number of aromatic nitrogens is 2. The molecule has 1 aromatic heterocycles. The number of nitrogens with zero attached hydrogens (tertiary/aromatic N) is 1. The van der Waals surface area contributed by atoms with Crippen molar-refractivity contribution in [3.05, 3.63) is 46.2 Å². The molecule has 3 nitrogen and oxygen atoms in total. The van der Waals surface area contributed by atoms with Gasteiger partial charge in [0.25, 0.3) is 0 Å². The average molecular weight is 334 g/mol. The lowest BCUT2D eigenvalue weighted by atomic mass is 10.1. The number of aromatic amines is 1.